The number of hydrogen-bond acceptors (Lipinski definition) is 3. The molecule has 0 saturated heterocycles. The second-order valence-corrected chi connectivity index (χ2v) is 4.26. The largest absolute Gasteiger partial charge is 0.461 e. The fourth-order valence-corrected chi connectivity index (χ4v) is 1.95. The van der Waals surface area contributed by atoms with Crippen molar-refractivity contribution >= 4 is 0 Å². The van der Waals surface area contributed by atoms with E-state index in [0.717, 1.165) is 4.57 Å². The van der Waals surface area contributed by atoms with Gasteiger partial charge in [0.1, 0.15) is 5.82 Å². The molecular formula is C9H11F5N4. The molecule has 9 heteroatoms. The van der Waals surface area contributed by atoms with Crippen molar-refractivity contribution in [3.05, 3.63) is 11.6 Å². The van der Waals surface area contributed by atoms with E-state index in [2.05, 4.69) is 10.2 Å². The third-order valence-electron chi connectivity index (χ3n) is 3.03. The molecule has 2 N–H and O–H groups in total. The Bertz CT molecular complexity index is 439. The summed E-state index contributed by atoms with van der Waals surface area (Å²) >= 11 is 0. The van der Waals surface area contributed by atoms with Crippen LogP contribution in [0.25, 0.3) is 0 Å². The Morgan fingerprint density at radius 2 is 1.89 bits per heavy atom. The maximum absolute atomic E-state index is 13.2. The molecule has 0 amide bonds. The van der Waals surface area contributed by atoms with E-state index in [4.69, 9.17) is 5.73 Å². The highest BCUT2D eigenvalue weighted by Gasteiger charge is 2.62. The second kappa shape index (κ2) is 4.15. The first-order valence-electron chi connectivity index (χ1n) is 5.34. The Labute approximate surface area is 99.0 Å². The minimum absolute atomic E-state index is 0.0329. The lowest BCUT2D eigenvalue weighted by atomic mass is 9.98. The van der Waals surface area contributed by atoms with Gasteiger partial charge in [-0.1, -0.05) is 0 Å². The van der Waals surface area contributed by atoms with Gasteiger partial charge >= 0.3 is 12.1 Å². The van der Waals surface area contributed by atoms with Gasteiger partial charge < -0.3 is 10.3 Å². The lowest BCUT2D eigenvalue weighted by Crippen LogP contribution is -2.38. The summed E-state index contributed by atoms with van der Waals surface area (Å²) < 4.78 is 64.0. The Balaban J connectivity index is 2.36. The Hall–Kier alpha value is -1.25. The monoisotopic (exact) mass is 270 g/mol. The molecule has 0 aromatic carbocycles. The van der Waals surface area contributed by atoms with Gasteiger partial charge in [0.15, 0.2) is 0 Å². The summed E-state index contributed by atoms with van der Waals surface area (Å²) in [7, 11) is 0. The summed E-state index contributed by atoms with van der Waals surface area (Å²) in [5, 5.41) is 6.42. The molecule has 1 unspecified atom stereocenters. The van der Waals surface area contributed by atoms with Crippen LogP contribution >= 0.6 is 0 Å². The van der Waals surface area contributed by atoms with Crippen molar-refractivity contribution in [1.29, 1.82) is 0 Å². The van der Waals surface area contributed by atoms with Gasteiger partial charge in [-0.3, -0.25) is 0 Å². The van der Waals surface area contributed by atoms with Crippen LogP contribution in [0.3, 0.4) is 0 Å². The first-order chi connectivity index (χ1) is 8.27. The third-order valence-corrected chi connectivity index (χ3v) is 3.03. The van der Waals surface area contributed by atoms with E-state index in [1.807, 2.05) is 0 Å². The quantitative estimate of drug-likeness (QED) is 0.828. The lowest BCUT2D eigenvalue weighted by Gasteiger charge is -2.25. The van der Waals surface area contributed by atoms with Gasteiger partial charge in [-0.15, -0.1) is 10.2 Å². The van der Waals surface area contributed by atoms with E-state index in [9.17, 15) is 22.0 Å². The number of alkyl halides is 5. The van der Waals surface area contributed by atoms with Crippen molar-refractivity contribution in [1.82, 2.24) is 14.8 Å². The van der Waals surface area contributed by atoms with Gasteiger partial charge in [0, 0.05) is 13.0 Å². The molecule has 0 saturated carbocycles. The van der Waals surface area contributed by atoms with Crippen molar-refractivity contribution in [3.63, 3.8) is 0 Å². The Morgan fingerprint density at radius 1 is 1.22 bits per heavy atom. The van der Waals surface area contributed by atoms with Crippen LogP contribution in [0.1, 0.15) is 18.1 Å². The molecule has 1 aromatic heterocycles. The highest BCUT2D eigenvalue weighted by molar-refractivity contribution is 5.08. The topological polar surface area (TPSA) is 56.7 Å². The van der Waals surface area contributed by atoms with Crippen LogP contribution in [0, 0.1) is 5.92 Å². The first-order valence-corrected chi connectivity index (χ1v) is 5.34. The third kappa shape index (κ3) is 1.96. The van der Waals surface area contributed by atoms with Gasteiger partial charge in [0.2, 0.25) is 5.82 Å². The zero-order valence-corrected chi connectivity index (χ0v) is 9.21. The summed E-state index contributed by atoms with van der Waals surface area (Å²) in [6.07, 6.45) is -4.94. The molecule has 0 radical (unpaired) electrons. The van der Waals surface area contributed by atoms with Crippen LogP contribution in [0.5, 0.6) is 0 Å². The summed E-state index contributed by atoms with van der Waals surface area (Å²) in [6.45, 7) is 0.378. The van der Waals surface area contributed by atoms with Crippen molar-refractivity contribution < 1.29 is 22.0 Å². The molecule has 102 valence electrons. The van der Waals surface area contributed by atoms with Crippen molar-refractivity contribution in [2.45, 2.75) is 31.5 Å². The molecule has 0 aliphatic carbocycles. The van der Waals surface area contributed by atoms with Crippen molar-refractivity contribution in [3.8, 4) is 0 Å². The molecule has 1 aromatic rings. The molecule has 0 bridgehead atoms. The number of nitrogens with zero attached hydrogens (tertiary/aromatic N) is 3. The van der Waals surface area contributed by atoms with Crippen LogP contribution < -0.4 is 5.73 Å². The van der Waals surface area contributed by atoms with Crippen LogP contribution in [0.2, 0.25) is 0 Å². The zero-order valence-electron chi connectivity index (χ0n) is 9.21. The first kappa shape index (κ1) is 13.2. The maximum Gasteiger partial charge on any atom is 0.461 e. The predicted molar refractivity (Wildman–Crippen MR) is 50.8 cm³/mol. The fourth-order valence-electron chi connectivity index (χ4n) is 1.95. The van der Waals surface area contributed by atoms with Gasteiger partial charge in [0.25, 0.3) is 0 Å². The second-order valence-electron chi connectivity index (χ2n) is 4.26. The van der Waals surface area contributed by atoms with Crippen molar-refractivity contribution in [2.75, 3.05) is 6.54 Å². The van der Waals surface area contributed by atoms with E-state index in [1.54, 1.807) is 0 Å². The number of nitrogens with two attached hydrogens (primary N) is 1. The molecule has 1 atom stereocenters. The van der Waals surface area contributed by atoms with Crippen LogP contribution in [0.15, 0.2) is 0 Å². The summed E-state index contributed by atoms with van der Waals surface area (Å²) in [5.41, 5.74) is 5.44. The zero-order chi connectivity index (χ0) is 13.6. The summed E-state index contributed by atoms with van der Waals surface area (Å²) in [6, 6.07) is 0. The minimum Gasteiger partial charge on any atom is -0.330 e. The molecule has 0 fully saturated rings. The normalized spacial score (nSPS) is 20.9. The maximum atomic E-state index is 13.2. The van der Waals surface area contributed by atoms with Gasteiger partial charge in [-0.05, 0) is 18.9 Å². The van der Waals surface area contributed by atoms with E-state index in [-0.39, 0.29) is 24.7 Å². The molecular weight excluding hydrogens is 259 g/mol. The van der Waals surface area contributed by atoms with E-state index in [1.165, 1.54) is 0 Å². The Kier molecular flexibility index (Phi) is 3.04. The lowest BCUT2D eigenvalue weighted by molar-refractivity contribution is -0.293. The number of hydrogen-bond donors (Lipinski definition) is 1. The van der Waals surface area contributed by atoms with Crippen LogP contribution in [0.4, 0.5) is 22.0 Å². The highest BCUT2D eigenvalue weighted by Crippen LogP contribution is 2.43. The van der Waals surface area contributed by atoms with Crippen molar-refractivity contribution in [2.24, 2.45) is 11.7 Å². The summed E-state index contributed by atoms with van der Waals surface area (Å²) in [5.74, 6) is -6.13. The molecule has 0 spiro atoms. The van der Waals surface area contributed by atoms with E-state index in [0.29, 0.717) is 13.0 Å². The molecule has 1 aliphatic heterocycles. The average Bonchev–Trinajstić information content (AvgIpc) is 2.70. The van der Waals surface area contributed by atoms with Gasteiger partial charge in [-0.2, -0.15) is 22.0 Å². The SMILES string of the molecule is NCC1CCn2c(nnc2C(F)(F)C(F)(F)F)C1. The number of aromatic nitrogens is 3. The Morgan fingerprint density at radius 3 is 2.44 bits per heavy atom. The molecule has 18 heavy (non-hydrogen) atoms. The molecule has 2 heterocycles. The van der Waals surface area contributed by atoms with Crippen LogP contribution in [-0.2, 0) is 18.9 Å². The standard InChI is InChI=1S/C9H11F5N4/c10-8(11,9(12,13)14)7-17-16-6-3-5(4-15)1-2-18(6)7/h5H,1-4,15H2. The van der Waals surface area contributed by atoms with Crippen LogP contribution in [-0.4, -0.2) is 27.5 Å². The predicted octanol–water partition coefficient (Wildman–Crippen LogP) is 1.45. The number of halogens is 5. The van der Waals surface area contributed by atoms with Gasteiger partial charge in [-0.25, -0.2) is 0 Å². The van der Waals surface area contributed by atoms with E-state index >= 15 is 0 Å². The molecule has 4 nitrogen and oxygen atoms in total. The van der Waals surface area contributed by atoms with Gasteiger partial charge in [0.05, 0.1) is 0 Å². The molecule has 1 aliphatic rings. The number of fused-ring (bicyclic) bond motifs is 1. The fraction of sp³-hybridized carbons (Fsp3) is 0.778. The van der Waals surface area contributed by atoms with E-state index < -0.39 is 17.9 Å². The summed E-state index contributed by atoms with van der Waals surface area (Å²) in [4.78, 5) is 0. The molecule has 2 rings (SSSR count). The minimum atomic E-state index is -5.67. The smallest absolute Gasteiger partial charge is 0.330 e. The average molecular weight is 270 g/mol. The number of rotatable bonds is 2. The highest BCUT2D eigenvalue weighted by atomic mass is 19.4.